The molecule has 18 heavy (non-hydrogen) atoms. The van der Waals surface area contributed by atoms with E-state index in [1.165, 1.54) is 37.2 Å². The van der Waals surface area contributed by atoms with Gasteiger partial charge in [-0.15, -0.1) is 0 Å². The summed E-state index contributed by atoms with van der Waals surface area (Å²) in [4.78, 5) is 7.01. The van der Waals surface area contributed by atoms with Crippen LogP contribution >= 0.6 is 0 Å². The molecule has 0 spiro atoms. The number of rotatable bonds is 2. The summed E-state index contributed by atoms with van der Waals surface area (Å²) in [6.07, 6.45) is 2.64. The van der Waals surface area contributed by atoms with Gasteiger partial charge >= 0.3 is 0 Å². The number of anilines is 1. The second kappa shape index (κ2) is 4.81. The third-order valence-corrected chi connectivity index (χ3v) is 3.52. The molecule has 3 rings (SSSR count). The fourth-order valence-corrected chi connectivity index (χ4v) is 2.52. The first-order valence-electron chi connectivity index (χ1n) is 6.62. The van der Waals surface area contributed by atoms with Crippen molar-refractivity contribution in [1.82, 2.24) is 4.98 Å². The minimum Gasteiger partial charge on any atom is -0.372 e. The highest BCUT2D eigenvalue weighted by atomic mass is 15.1. The summed E-state index contributed by atoms with van der Waals surface area (Å²) < 4.78 is 0. The lowest BCUT2D eigenvalue weighted by atomic mass is 10.1. The second-order valence-corrected chi connectivity index (χ2v) is 4.91. The summed E-state index contributed by atoms with van der Waals surface area (Å²) >= 11 is 0. The number of hydrogen-bond donors (Lipinski definition) is 0. The van der Waals surface area contributed by atoms with E-state index >= 15 is 0 Å². The molecule has 1 aromatic carbocycles. The van der Waals surface area contributed by atoms with Crippen molar-refractivity contribution in [2.24, 2.45) is 0 Å². The van der Waals surface area contributed by atoms with Crippen LogP contribution in [-0.2, 0) is 0 Å². The van der Waals surface area contributed by atoms with Crippen molar-refractivity contribution in [3.8, 4) is 11.3 Å². The van der Waals surface area contributed by atoms with Crippen LogP contribution in [0.5, 0.6) is 0 Å². The highest BCUT2D eigenvalue weighted by Gasteiger charge is 2.11. The number of pyridine rings is 1. The van der Waals surface area contributed by atoms with Crippen molar-refractivity contribution >= 4 is 5.69 Å². The number of aryl methyl sites for hydroxylation is 1. The Hall–Kier alpha value is -1.83. The maximum Gasteiger partial charge on any atom is 0.0705 e. The molecule has 1 aliphatic rings. The Morgan fingerprint density at radius 3 is 2.33 bits per heavy atom. The van der Waals surface area contributed by atoms with Gasteiger partial charge in [0, 0.05) is 30.0 Å². The molecule has 0 radical (unpaired) electrons. The van der Waals surface area contributed by atoms with Gasteiger partial charge in [-0.3, -0.25) is 4.98 Å². The lowest BCUT2D eigenvalue weighted by Gasteiger charge is -2.17. The molecule has 92 valence electrons. The number of hydrogen-bond acceptors (Lipinski definition) is 2. The summed E-state index contributed by atoms with van der Waals surface area (Å²) in [5, 5.41) is 0. The van der Waals surface area contributed by atoms with E-state index in [9.17, 15) is 0 Å². The van der Waals surface area contributed by atoms with Crippen LogP contribution in [0.2, 0.25) is 0 Å². The fourth-order valence-electron chi connectivity index (χ4n) is 2.52. The summed E-state index contributed by atoms with van der Waals surface area (Å²) in [5.41, 5.74) is 4.66. The molecule has 1 saturated heterocycles. The number of nitrogens with zero attached hydrogens (tertiary/aromatic N) is 2. The minimum atomic E-state index is 1.06. The van der Waals surface area contributed by atoms with Gasteiger partial charge in [-0.1, -0.05) is 18.2 Å². The van der Waals surface area contributed by atoms with Crippen molar-refractivity contribution in [3.63, 3.8) is 0 Å². The second-order valence-electron chi connectivity index (χ2n) is 4.91. The van der Waals surface area contributed by atoms with E-state index < -0.39 is 0 Å². The SMILES string of the molecule is Cc1cccc(-c2ccc(N3CCCC3)cc2)n1. The van der Waals surface area contributed by atoms with E-state index in [1.807, 2.05) is 13.0 Å². The van der Waals surface area contributed by atoms with Crippen LogP contribution in [0.3, 0.4) is 0 Å². The molecule has 0 saturated carbocycles. The van der Waals surface area contributed by atoms with Crippen molar-refractivity contribution < 1.29 is 0 Å². The molecule has 0 N–H and O–H groups in total. The lowest BCUT2D eigenvalue weighted by Crippen LogP contribution is -2.17. The van der Waals surface area contributed by atoms with E-state index in [-0.39, 0.29) is 0 Å². The molecule has 1 aliphatic heterocycles. The predicted molar refractivity (Wildman–Crippen MR) is 75.9 cm³/mol. The van der Waals surface area contributed by atoms with Gasteiger partial charge in [0.15, 0.2) is 0 Å². The molecule has 0 amide bonds. The van der Waals surface area contributed by atoms with Gasteiger partial charge in [-0.2, -0.15) is 0 Å². The normalized spacial score (nSPS) is 15.1. The molecular weight excluding hydrogens is 220 g/mol. The average molecular weight is 238 g/mol. The molecule has 0 unspecified atom stereocenters. The van der Waals surface area contributed by atoms with Gasteiger partial charge in [-0.05, 0) is 44.0 Å². The lowest BCUT2D eigenvalue weighted by molar-refractivity contribution is 0.949. The van der Waals surface area contributed by atoms with E-state index in [0.717, 1.165) is 11.4 Å². The third kappa shape index (κ3) is 2.23. The molecule has 1 aromatic heterocycles. The third-order valence-electron chi connectivity index (χ3n) is 3.52. The van der Waals surface area contributed by atoms with Crippen molar-refractivity contribution in [3.05, 3.63) is 48.2 Å². The van der Waals surface area contributed by atoms with E-state index in [2.05, 4.69) is 46.3 Å². The van der Waals surface area contributed by atoms with Crippen LogP contribution in [0.15, 0.2) is 42.5 Å². The molecule has 0 bridgehead atoms. The highest BCUT2D eigenvalue weighted by Crippen LogP contribution is 2.24. The summed E-state index contributed by atoms with van der Waals surface area (Å²) in [5.74, 6) is 0. The monoisotopic (exact) mass is 238 g/mol. The number of aromatic nitrogens is 1. The Balaban J connectivity index is 1.86. The zero-order valence-corrected chi connectivity index (χ0v) is 10.8. The largest absolute Gasteiger partial charge is 0.372 e. The van der Waals surface area contributed by atoms with Gasteiger partial charge in [0.2, 0.25) is 0 Å². The molecule has 0 atom stereocenters. The van der Waals surface area contributed by atoms with E-state index in [4.69, 9.17) is 0 Å². The molecule has 1 fully saturated rings. The van der Waals surface area contributed by atoms with Gasteiger partial charge in [0.25, 0.3) is 0 Å². The Morgan fingerprint density at radius 1 is 0.944 bits per heavy atom. The first-order valence-corrected chi connectivity index (χ1v) is 6.62. The van der Waals surface area contributed by atoms with Gasteiger partial charge < -0.3 is 4.90 Å². The van der Waals surface area contributed by atoms with Crippen LogP contribution in [0, 0.1) is 6.92 Å². The van der Waals surface area contributed by atoms with Gasteiger partial charge in [0.1, 0.15) is 0 Å². The van der Waals surface area contributed by atoms with Crippen LogP contribution in [0.4, 0.5) is 5.69 Å². The zero-order chi connectivity index (χ0) is 12.4. The van der Waals surface area contributed by atoms with Gasteiger partial charge in [0.05, 0.1) is 5.69 Å². The molecular formula is C16H18N2. The van der Waals surface area contributed by atoms with Crippen molar-refractivity contribution in [2.45, 2.75) is 19.8 Å². The molecule has 2 heteroatoms. The predicted octanol–water partition coefficient (Wildman–Crippen LogP) is 3.66. The Morgan fingerprint density at radius 2 is 1.67 bits per heavy atom. The first-order chi connectivity index (χ1) is 8.83. The first kappa shape index (κ1) is 11.3. The van der Waals surface area contributed by atoms with Crippen LogP contribution < -0.4 is 4.90 Å². The van der Waals surface area contributed by atoms with Crippen LogP contribution in [-0.4, -0.2) is 18.1 Å². The molecule has 0 aliphatic carbocycles. The van der Waals surface area contributed by atoms with Crippen LogP contribution in [0.25, 0.3) is 11.3 Å². The van der Waals surface area contributed by atoms with Crippen molar-refractivity contribution in [2.75, 3.05) is 18.0 Å². The van der Waals surface area contributed by atoms with Gasteiger partial charge in [-0.25, -0.2) is 0 Å². The molecule has 2 aromatic rings. The zero-order valence-electron chi connectivity index (χ0n) is 10.8. The Bertz CT molecular complexity index is 525. The van der Waals surface area contributed by atoms with Crippen LogP contribution in [0.1, 0.15) is 18.5 Å². The quantitative estimate of drug-likeness (QED) is 0.793. The maximum absolute atomic E-state index is 4.56. The van der Waals surface area contributed by atoms with E-state index in [0.29, 0.717) is 0 Å². The summed E-state index contributed by atoms with van der Waals surface area (Å²) in [7, 11) is 0. The van der Waals surface area contributed by atoms with Crippen molar-refractivity contribution in [1.29, 1.82) is 0 Å². The fraction of sp³-hybridized carbons (Fsp3) is 0.312. The minimum absolute atomic E-state index is 1.06. The number of benzene rings is 1. The average Bonchev–Trinajstić information content (AvgIpc) is 2.93. The molecule has 2 heterocycles. The maximum atomic E-state index is 4.56. The summed E-state index contributed by atoms with van der Waals surface area (Å²) in [6, 6.07) is 14.9. The Kier molecular flexibility index (Phi) is 3.01. The summed E-state index contributed by atoms with van der Waals surface area (Å²) in [6.45, 7) is 4.42. The van der Waals surface area contributed by atoms with E-state index in [1.54, 1.807) is 0 Å². The highest BCUT2D eigenvalue weighted by molar-refractivity contribution is 5.63. The molecule has 2 nitrogen and oxygen atoms in total. The topological polar surface area (TPSA) is 16.1 Å². The smallest absolute Gasteiger partial charge is 0.0705 e. The Labute approximate surface area is 108 Å². The standard InChI is InChI=1S/C16H18N2/c1-13-5-4-6-16(17-13)14-7-9-15(10-8-14)18-11-2-3-12-18/h4-10H,2-3,11-12H2,1H3.